The van der Waals surface area contributed by atoms with Gasteiger partial charge in [0.1, 0.15) is 0 Å². The Morgan fingerprint density at radius 3 is 2.56 bits per heavy atom. The second-order valence-corrected chi connectivity index (χ2v) is 3.21. The van der Waals surface area contributed by atoms with Gasteiger partial charge in [-0.1, -0.05) is 12.1 Å². The SMILES string of the molecule is Cc1c(-c2nn[nH]n2)cccc1C(F)(F)F. The van der Waals surface area contributed by atoms with E-state index in [1.165, 1.54) is 19.1 Å². The zero-order valence-corrected chi connectivity index (χ0v) is 8.21. The molecule has 1 aromatic heterocycles. The quantitative estimate of drug-likeness (QED) is 0.813. The van der Waals surface area contributed by atoms with Crippen molar-refractivity contribution in [3.63, 3.8) is 0 Å². The average molecular weight is 228 g/mol. The lowest BCUT2D eigenvalue weighted by Gasteiger charge is -2.11. The molecule has 0 aliphatic rings. The molecular formula is C9H7F3N4. The van der Waals surface area contributed by atoms with Gasteiger partial charge in [0.15, 0.2) is 0 Å². The minimum Gasteiger partial charge on any atom is -0.177 e. The highest BCUT2D eigenvalue weighted by Gasteiger charge is 2.33. The summed E-state index contributed by atoms with van der Waals surface area (Å²) in [6.45, 7) is 1.38. The summed E-state index contributed by atoms with van der Waals surface area (Å²) in [5.41, 5.74) is -0.269. The molecule has 1 aromatic carbocycles. The lowest BCUT2D eigenvalue weighted by Crippen LogP contribution is -2.08. The van der Waals surface area contributed by atoms with Crippen LogP contribution in [0.5, 0.6) is 0 Å². The van der Waals surface area contributed by atoms with E-state index in [2.05, 4.69) is 20.6 Å². The first-order valence-corrected chi connectivity index (χ1v) is 4.41. The summed E-state index contributed by atoms with van der Waals surface area (Å²) in [4.78, 5) is 0. The number of benzene rings is 1. The van der Waals surface area contributed by atoms with Gasteiger partial charge in [-0.05, 0) is 23.8 Å². The first kappa shape index (κ1) is 10.6. The molecule has 0 radical (unpaired) electrons. The Labute approximate surface area is 88.5 Å². The number of aromatic amines is 1. The van der Waals surface area contributed by atoms with Crippen LogP contribution in [0.25, 0.3) is 11.4 Å². The lowest BCUT2D eigenvalue weighted by atomic mass is 10.0. The summed E-state index contributed by atoms with van der Waals surface area (Å²) < 4.78 is 37.8. The van der Waals surface area contributed by atoms with Crippen LogP contribution in [0.1, 0.15) is 11.1 Å². The highest BCUT2D eigenvalue weighted by Crippen LogP contribution is 2.34. The Bertz CT molecular complexity index is 490. The maximum atomic E-state index is 12.6. The van der Waals surface area contributed by atoms with Crippen molar-refractivity contribution < 1.29 is 13.2 Å². The van der Waals surface area contributed by atoms with Crippen molar-refractivity contribution in [3.8, 4) is 11.4 Å². The first-order chi connectivity index (χ1) is 7.50. The van der Waals surface area contributed by atoms with Gasteiger partial charge in [-0.3, -0.25) is 0 Å². The maximum Gasteiger partial charge on any atom is 0.416 e. The van der Waals surface area contributed by atoms with E-state index in [1.54, 1.807) is 0 Å². The topological polar surface area (TPSA) is 54.5 Å². The van der Waals surface area contributed by atoms with Crippen molar-refractivity contribution in [1.82, 2.24) is 20.6 Å². The van der Waals surface area contributed by atoms with Gasteiger partial charge >= 0.3 is 6.18 Å². The lowest BCUT2D eigenvalue weighted by molar-refractivity contribution is -0.138. The monoisotopic (exact) mass is 228 g/mol. The van der Waals surface area contributed by atoms with E-state index in [-0.39, 0.29) is 11.4 Å². The van der Waals surface area contributed by atoms with E-state index in [9.17, 15) is 13.2 Å². The fourth-order valence-electron chi connectivity index (χ4n) is 1.46. The predicted octanol–water partition coefficient (Wildman–Crippen LogP) is 2.19. The molecule has 84 valence electrons. The van der Waals surface area contributed by atoms with Crippen molar-refractivity contribution in [2.75, 3.05) is 0 Å². The van der Waals surface area contributed by atoms with E-state index in [0.717, 1.165) is 6.07 Å². The normalized spacial score (nSPS) is 11.8. The van der Waals surface area contributed by atoms with Crippen LogP contribution < -0.4 is 0 Å². The van der Waals surface area contributed by atoms with E-state index in [1.807, 2.05) is 0 Å². The fraction of sp³-hybridized carbons (Fsp3) is 0.222. The van der Waals surface area contributed by atoms with Crippen molar-refractivity contribution in [1.29, 1.82) is 0 Å². The molecule has 0 fully saturated rings. The third-order valence-corrected chi connectivity index (χ3v) is 2.23. The molecule has 0 bridgehead atoms. The van der Waals surface area contributed by atoms with Crippen LogP contribution in [0, 0.1) is 6.92 Å². The van der Waals surface area contributed by atoms with Crippen LogP contribution in [0.2, 0.25) is 0 Å². The van der Waals surface area contributed by atoms with Gasteiger partial charge in [-0.25, -0.2) is 0 Å². The molecule has 2 aromatic rings. The van der Waals surface area contributed by atoms with Gasteiger partial charge in [-0.15, -0.1) is 10.2 Å². The standard InChI is InChI=1S/C9H7F3N4/c1-5-6(8-13-15-16-14-8)3-2-4-7(5)9(10,11)12/h2-4H,1H3,(H,13,14,15,16). The van der Waals surface area contributed by atoms with E-state index < -0.39 is 11.7 Å². The third-order valence-electron chi connectivity index (χ3n) is 2.23. The molecule has 1 heterocycles. The van der Waals surface area contributed by atoms with E-state index in [0.29, 0.717) is 5.56 Å². The zero-order chi connectivity index (χ0) is 11.8. The molecule has 4 nitrogen and oxygen atoms in total. The smallest absolute Gasteiger partial charge is 0.177 e. The van der Waals surface area contributed by atoms with Gasteiger partial charge in [0, 0.05) is 5.56 Å². The highest BCUT2D eigenvalue weighted by molar-refractivity contribution is 5.61. The number of hydrogen-bond acceptors (Lipinski definition) is 3. The number of aromatic nitrogens is 4. The molecule has 1 N–H and O–H groups in total. The van der Waals surface area contributed by atoms with Gasteiger partial charge in [0.05, 0.1) is 5.56 Å². The minimum absolute atomic E-state index is 0.0939. The molecule has 0 amide bonds. The van der Waals surface area contributed by atoms with Crippen LogP contribution >= 0.6 is 0 Å². The number of H-pyrrole nitrogens is 1. The molecular weight excluding hydrogens is 221 g/mol. The zero-order valence-electron chi connectivity index (χ0n) is 8.21. The van der Waals surface area contributed by atoms with Gasteiger partial charge in [0.2, 0.25) is 5.82 Å². The third kappa shape index (κ3) is 1.75. The maximum absolute atomic E-state index is 12.6. The largest absolute Gasteiger partial charge is 0.416 e. The van der Waals surface area contributed by atoms with Crippen molar-refractivity contribution in [2.24, 2.45) is 0 Å². The molecule has 0 atom stereocenters. The van der Waals surface area contributed by atoms with Crippen LogP contribution in [-0.2, 0) is 6.18 Å². The van der Waals surface area contributed by atoms with E-state index >= 15 is 0 Å². The van der Waals surface area contributed by atoms with Crippen molar-refractivity contribution in [2.45, 2.75) is 13.1 Å². The Morgan fingerprint density at radius 1 is 1.25 bits per heavy atom. The van der Waals surface area contributed by atoms with Crippen molar-refractivity contribution in [3.05, 3.63) is 29.3 Å². The van der Waals surface area contributed by atoms with E-state index in [4.69, 9.17) is 0 Å². The Kier molecular flexibility index (Phi) is 2.37. The molecule has 16 heavy (non-hydrogen) atoms. The Balaban J connectivity index is 2.58. The highest BCUT2D eigenvalue weighted by atomic mass is 19.4. The van der Waals surface area contributed by atoms with Gasteiger partial charge in [-0.2, -0.15) is 18.4 Å². The fourth-order valence-corrected chi connectivity index (χ4v) is 1.46. The van der Waals surface area contributed by atoms with Crippen LogP contribution in [0.4, 0.5) is 13.2 Å². The molecule has 0 unspecified atom stereocenters. The number of tetrazole rings is 1. The summed E-state index contributed by atoms with van der Waals surface area (Å²) in [5.74, 6) is 0.156. The molecule has 0 aliphatic carbocycles. The van der Waals surface area contributed by atoms with Gasteiger partial charge < -0.3 is 0 Å². The van der Waals surface area contributed by atoms with Crippen LogP contribution in [0.3, 0.4) is 0 Å². The summed E-state index contributed by atoms with van der Waals surface area (Å²) in [6, 6.07) is 3.87. The summed E-state index contributed by atoms with van der Waals surface area (Å²) in [5, 5.41) is 12.8. The molecule has 0 aliphatic heterocycles. The first-order valence-electron chi connectivity index (χ1n) is 4.41. The summed E-state index contributed by atoms with van der Waals surface area (Å²) in [7, 11) is 0. The second kappa shape index (κ2) is 3.58. The number of nitrogens with zero attached hydrogens (tertiary/aromatic N) is 3. The summed E-state index contributed by atoms with van der Waals surface area (Å²) >= 11 is 0. The number of nitrogens with one attached hydrogen (secondary N) is 1. The summed E-state index contributed by atoms with van der Waals surface area (Å²) in [6.07, 6.45) is -4.37. The van der Waals surface area contributed by atoms with Gasteiger partial charge in [0.25, 0.3) is 0 Å². The molecule has 7 heteroatoms. The molecule has 0 saturated heterocycles. The average Bonchev–Trinajstić information content (AvgIpc) is 2.69. The van der Waals surface area contributed by atoms with Crippen molar-refractivity contribution >= 4 is 0 Å². The second-order valence-electron chi connectivity index (χ2n) is 3.21. The number of hydrogen-bond donors (Lipinski definition) is 1. The predicted molar refractivity (Wildman–Crippen MR) is 49.4 cm³/mol. The molecule has 0 saturated carbocycles. The molecule has 2 rings (SSSR count). The molecule has 0 spiro atoms. The number of halogens is 3. The van der Waals surface area contributed by atoms with Crippen LogP contribution in [-0.4, -0.2) is 20.6 Å². The Hall–Kier alpha value is -1.92. The number of rotatable bonds is 1. The Morgan fingerprint density at radius 2 is 2.00 bits per heavy atom. The minimum atomic E-state index is -4.37. The number of alkyl halides is 3. The van der Waals surface area contributed by atoms with Crippen LogP contribution in [0.15, 0.2) is 18.2 Å².